The Kier molecular flexibility index (Phi) is 4.89. The highest BCUT2D eigenvalue weighted by Crippen LogP contribution is 2.10. The van der Waals surface area contributed by atoms with Gasteiger partial charge in [-0.15, -0.1) is 0 Å². The van der Waals surface area contributed by atoms with Crippen molar-refractivity contribution in [2.24, 2.45) is 0 Å². The van der Waals surface area contributed by atoms with Gasteiger partial charge in [0.2, 0.25) is 0 Å². The molecular weight excluding hydrogens is 357 g/mol. The molecule has 0 nitrogen and oxygen atoms in total. The van der Waals surface area contributed by atoms with Crippen LogP contribution in [0.3, 0.4) is 0 Å². The third-order valence-electron chi connectivity index (χ3n) is 3.88. The van der Waals surface area contributed by atoms with Crippen molar-refractivity contribution in [3.63, 3.8) is 0 Å². The van der Waals surface area contributed by atoms with Gasteiger partial charge in [-0.2, -0.15) is 0 Å². The number of halogens is 6. The van der Waals surface area contributed by atoms with Gasteiger partial charge in [-0.05, 0) is 18.2 Å². The molecule has 0 bridgehead atoms. The van der Waals surface area contributed by atoms with Crippen molar-refractivity contribution in [3.8, 4) is 0 Å². The number of benzene rings is 3. The van der Waals surface area contributed by atoms with Crippen molar-refractivity contribution in [1.82, 2.24) is 0 Å². The molecule has 0 aliphatic carbocycles. The second kappa shape index (κ2) is 6.95. The fraction of sp³-hybridized carbons (Fsp3) is 0. The van der Waals surface area contributed by atoms with E-state index in [1.54, 1.807) is 0 Å². The maximum atomic E-state index is 14.3. The van der Waals surface area contributed by atoms with Crippen molar-refractivity contribution in [1.29, 1.82) is 0 Å². The highest BCUT2D eigenvalue weighted by atomic mass is 27.2. The second-order valence-corrected chi connectivity index (χ2v) is 8.09. The van der Waals surface area contributed by atoms with Crippen LogP contribution >= 0.6 is 0 Å². The molecule has 0 radical (unpaired) electrons. The largest absolute Gasteiger partial charge is 0.398 e. The van der Waals surface area contributed by atoms with Crippen molar-refractivity contribution in [3.05, 3.63) is 89.5 Å². The molecule has 0 aliphatic rings. The second-order valence-electron chi connectivity index (χ2n) is 5.36. The van der Waals surface area contributed by atoms with Crippen LogP contribution in [-0.4, -0.2) is 14.1 Å². The summed E-state index contributed by atoms with van der Waals surface area (Å²) < 4.78 is 83.0. The first-order chi connectivity index (χ1) is 11.9. The molecule has 0 saturated carbocycles. The molecule has 0 saturated heterocycles. The van der Waals surface area contributed by atoms with Gasteiger partial charge in [0.05, 0.1) is 0 Å². The average molecular weight is 366 g/mol. The van der Waals surface area contributed by atoms with E-state index in [0.29, 0.717) is 0 Å². The molecule has 0 spiro atoms. The molecule has 0 N–H and O–H groups in total. The maximum Gasteiger partial charge on any atom is 0.398 e. The molecule has 0 amide bonds. The third-order valence-corrected chi connectivity index (χ3v) is 7.08. The Balaban J connectivity index is 2.35. The molecule has 0 heterocycles. The summed E-state index contributed by atoms with van der Waals surface area (Å²) >= 11 is -3.36. The standard InChI is InChI=1S/3C6H3F2.Al/c3*7-5-3-1-2-4-6(5)8;/h3*1-3H;. The van der Waals surface area contributed by atoms with E-state index in [4.69, 9.17) is 0 Å². The van der Waals surface area contributed by atoms with Gasteiger partial charge in [-0.1, -0.05) is 49.7 Å². The first kappa shape index (κ1) is 17.6. The zero-order chi connectivity index (χ0) is 18.1. The fourth-order valence-electron chi connectivity index (χ4n) is 2.73. The molecule has 0 unspecified atom stereocenters. The average Bonchev–Trinajstić information content (AvgIpc) is 2.59. The van der Waals surface area contributed by atoms with Gasteiger partial charge < -0.3 is 0 Å². The molecule has 3 rings (SSSR count). The lowest BCUT2D eigenvalue weighted by molar-refractivity contribution is 0.510. The van der Waals surface area contributed by atoms with Gasteiger partial charge >= 0.3 is 14.1 Å². The van der Waals surface area contributed by atoms with Gasteiger partial charge in [0.1, 0.15) is 17.5 Å². The Morgan fingerprint density at radius 2 is 0.720 bits per heavy atom. The number of hydrogen-bond donors (Lipinski definition) is 0. The molecule has 3 aromatic rings. The Morgan fingerprint density at radius 3 is 1.00 bits per heavy atom. The SMILES string of the molecule is Fc1ccc[c]([Al]([c]2cccc(F)c2F)[c]2cccc(F)c2F)c1F. The van der Waals surface area contributed by atoms with Crippen LogP contribution in [0.1, 0.15) is 0 Å². The minimum absolute atomic E-state index is 0.297. The van der Waals surface area contributed by atoms with Crippen LogP contribution in [-0.2, 0) is 0 Å². The third kappa shape index (κ3) is 3.18. The van der Waals surface area contributed by atoms with E-state index in [2.05, 4.69) is 0 Å². The Labute approximate surface area is 143 Å². The Morgan fingerprint density at radius 1 is 0.440 bits per heavy atom. The smallest absolute Gasteiger partial charge is 0.205 e. The predicted molar refractivity (Wildman–Crippen MR) is 83.7 cm³/mol. The summed E-state index contributed by atoms with van der Waals surface area (Å²) in [7, 11) is 0. The predicted octanol–water partition coefficient (Wildman–Crippen LogP) is 3.04. The molecule has 0 fully saturated rings. The van der Waals surface area contributed by atoms with Crippen LogP contribution in [0.5, 0.6) is 0 Å². The topological polar surface area (TPSA) is 0 Å². The molecule has 25 heavy (non-hydrogen) atoms. The van der Waals surface area contributed by atoms with Gasteiger partial charge in [0.15, 0.2) is 17.5 Å². The summed E-state index contributed by atoms with van der Waals surface area (Å²) in [5, 5.41) is 0. The van der Waals surface area contributed by atoms with Gasteiger partial charge in [-0.3, -0.25) is 0 Å². The summed E-state index contributed by atoms with van der Waals surface area (Å²) in [5.74, 6) is -7.47. The lowest BCUT2D eigenvalue weighted by Gasteiger charge is -2.16. The summed E-state index contributed by atoms with van der Waals surface area (Å²) in [5.41, 5.74) is 0. The number of hydrogen-bond acceptors (Lipinski definition) is 0. The minimum atomic E-state index is -3.36. The van der Waals surface area contributed by atoms with Gasteiger partial charge in [0, 0.05) is 0 Å². The van der Waals surface area contributed by atoms with Gasteiger partial charge in [-0.25, -0.2) is 26.3 Å². The Hall–Kier alpha value is -2.23. The molecule has 7 heteroatoms. The summed E-state index contributed by atoms with van der Waals surface area (Å²) in [4.78, 5) is 0. The first-order valence-corrected chi connectivity index (χ1v) is 8.96. The van der Waals surface area contributed by atoms with Crippen LogP contribution in [0.25, 0.3) is 0 Å². The normalized spacial score (nSPS) is 10.8. The molecule has 126 valence electrons. The molecule has 0 atom stereocenters. The van der Waals surface area contributed by atoms with E-state index in [9.17, 15) is 26.3 Å². The minimum Gasteiger partial charge on any atom is -0.205 e. The van der Waals surface area contributed by atoms with E-state index in [1.165, 1.54) is 36.4 Å². The Bertz CT molecular complexity index is 818. The first-order valence-electron chi connectivity index (χ1n) is 7.23. The maximum absolute atomic E-state index is 14.3. The highest BCUT2D eigenvalue weighted by Gasteiger charge is 2.35. The highest BCUT2D eigenvalue weighted by molar-refractivity contribution is 6.95. The van der Waals surface area contributed by atoms with E-state index < -0.39 is 49.1 Å². The molecule has 0 aliphatic heterocycles. The fourth-order valence-corrected chi connectivity index (χ4v) is 5.82. The van der Waals surface area contributed by atoms with Crippen molar-refractivity contribution >= 4 is 27.4 Å². The van der Waals surface area contributed by atoms with Crippen LogP contribution in [0.15, 0.2) is 54.6 Å². The molecule has 3 aromatic carbocycles. The van der Waals surface area contributed by atoms with Crippen LogP contribution < -0.4 is 13.3 Å². The number of rotatable bonds is 3. The molecule has 0 aromatic heterocycles. The van der Waals surface area contributed by atoms with E-state index >= 15 is 0 Å². The van der Waals surface area contributed by atoms with Crippen molar-refractivity contribution < 1.29 is 26.3 Å². The summed E-state index contributed by atoms with van der Waals surface area (Å²) in [6.45, 7) is 0. The van der Waals surface area contributed by atoms with E-state index in [1.807, 2.05) is 0 Å². The van der Waals surface area contributed by atoms with Crippen LogP contribution in [0, 0.1) is 34.9 Å². The van der Waals surface area contributed by atoms with Crippen molar-refractivity contribution in [2.45, 2.75) is 0 Å². The van der Waals surface area contributed by atoms with Gasteiger partial charge in [0.25, 0.3) is 0 Å². The molecular formula is C18H9AlF6. The van der Waals surface area contributed by atoms with E-state index in [-0.39, 0.29) is 13.3 Å². The zero-order valence-corrected chi connectivity index (χ0v) is 13.7. The van der Waals surface area contributed by atoms with E-state index in [0.717, 1.165) is 18.2 Å². The summed E-state index contributed by atoms with van der Waals surface area (Å²) in [6.07, 6.45) is 0. The lowest BCUT2D eigenvalue weighted by atomic mass is 10.3. The zero-order valence-electron chi connectivity index (χ0n) is 12.5. The van der Waals surface area contributed by atoms with Crippen LogP contribution in [0.4, 0.5) is 26.3 Å². The van der Waals surface area contributed by atoms with Crippen molar-refractivity contribution in [2.75, 3.05) is 0 Å². The van der Waals surface area contributed by atoms with Crippen LogP contribution in [0.2, 0.25) is 0 Å². The summed E-state index contributed by atoms with van der Waals surface area (Å²) in [6, 6.07) is 9.63. The lowest BCUT2D eigenvalue weighted by Crippen LogP contribution is -2.56. The quantitative estimate of drug-likeness (QED) is 0.494. The monoisotopic (exact) mass is 366 g/mol.